The fourth-order valence-corrected chi connectivity index (χ4v) is 8.25. The molecule has 2 nitrogen and oxygen atoms in total. The van der Waals surface area contributed by atoms with Gasteiger partial charge in [-0.2, -0.15) is 0 Å². The Bertz CT molecular complexity index is 2350. The fraction of sp³-hybridized carbons (Fsp3) is 0.143. The van der Waals surface area contributed by atoms with Gasteiger partial charge in [-0.05, 0) is 139 Å². The molecule has 8 aromatic carbocycles. The second-order valence-corrected chi connectivity index (χ2v) is 17.5. The molecular weight excluding hydrogens is 701 g/mol. The topological polar surface area (TPSA) is 6.48 Å². The van der Waals surface area contributed by atoms with E-state index in [1.165, 1.54) is 55.6 Å². The maximum absolute atomic E-state index is 2.36. The molecule has 7 aliphatic rings. The number of hydrogen-bond donors (Lipinski definition) is 0. The molecule has 0 N–H and O–H groups in total. The molecule has 7 heterocycles. The van der Waals surface area contributed by atoms with E-state index in [1.54, 1.807) is 0 Å². The Hall–Kier alpha value is -6.64. The Balaban J connectivity index is 1.22. The molecule has 58 heavy (non-hydrogen) atoms. The summed E-state index contributed by atoms with van der Waals surface area (Å²) < 4.78 is 0. The first-order chi connectivity index (χ1) is 28.0. The van der Waals surface area contributed by atoms with Crippen LogP contribution in [0.1, 0.15) is 52.7 Å². The fourth-order valence-electron chi connectivity index (χ4n) is 8.25. The van der Waals surface area contributed by atoms with Gasteiger partial charge in [-0.15, -0.1) is 0 Å². The molecule has 284 valence electrons. The van der Waals surface area contributed by atoms with Crippen LogP contribution >= 0.6 is 0 Å². The van der Waals surface area contributed by atoms with E-state index in [-0.39, 0.29) is 10.8 Å². The van der Waals surface area contributed by atoms with Crippen molar-refractivity contribution in [2.24, 2.45) is 0 Å². The van der Waals surface area contributed by atoms with Crippen molar-refractivity contribution in [1.29, 1.82) is 0 Å². The summed E-state index contributed by atoms with van der Waals surface area (Å²) in [6.45, 7) is 13.6. The molecule has 8 bridgehead atoms. The van der Waals surface area contributed by atoms with Crippen LogP contribution in [0.2, 0.25) is 0 Å². The lowest BCUT2D eigenvalue weighted by Gasteiger charge is -2.28. The first kappa shape index (κ1) is 37.0. The zero-order chi connectivity index (χ0) is 40.0. The van der Waals surface area contributed by atoms with Crippen molar-refractivity contribution in [2.45, 2.75) is 52.4 Å². The van der Waals surface area contributed by atoms with Crippen molar-refractivity contribution < 1.29 is 0 Å². The Morgan fingerprint density at radius 1 is 0.241 bits per heavy atom. The van der Waals surface area contributed by atoms with Crippen molar-refractivity contribution >= 4 is 34.1 Å². The van der Waals surface area contributed by atoms with Gasteiger partial charge >= 0.3 is 0 Å². The summed E-state index contributed by atoms with van der Waals surface area (Å²) in [6.07, 6.45) is 0. The van der Waals surface area contributed by atoms with Gasteiger partial charge in [-0.3, -0.25) is 0 Å². The smallest absolute Gasteiger partial charge is 0.0462 e. The van der Waals surface area contributed by atoms with Crippen LogP contribution < -0.4 is 9.80 Å². The highest BCUT2D eigenvalue weighted by atomic mass is 15.1. The summed E-state index contributed by atoms with van der Waals surface area (Å²) in [5.41, 5.74) is 19.0. The van der Waals surface area contributed by atoms with Crippen LogP contribution in [-0.4, -0.2) is 0 Å². The SMILES string of the molecule is CC(C)(C)c1ccc(N2c3ccc(cc3)-c3ccccc3-c3ccc(cc3)N(c3ccc(C(C)(C)C)cc3)c3ccc(cc3)-c3ccccc3-c3ccc2cc3)cc1. The summed E-state index contributed by atoms with van der Waals surface area (Å²) in [4.78, 5) is 4.73. The summed E-state index contributed by atoms with van der Waals surface area (Å²) >= 11 is 0. The third-order valence-electron chi connectivity index (χ3n) is 11.6. The van der Waals surface area contributed by atoms with E-state index in [9.17, 15) is 0 Å². The highest BCUT2D eigenvalue weighted by Crippen LogP contribution is 2.43. The van der Waals surface area contributed by atoms with Crippen LogP contribution in [-0.2, 0) is 10.8 Å². The van der Waals surface area contributed by atoms with Gasteiger partial charge in [0, 0.05) is 34.1 Å². The second kappa shape index (κ2) is 14.7. The Morgan fingerprint density at radius 2 is 0.431 bits per heavy atom. The van der Waals surface area contributed by atoms with Gasteiger partial charge in [0.2, 0.25) is 0 Å². The van der Waals surface area contributed by atoms with Gasteiger partial charge in [0.25, 0.3) is 0 Å². The van der Waals surface area contributed by atoms with Crippen LogP contribution in [0, 0.1) is 0 Å². The highest BCUT2D eigenvalue weighted by molar-refractivity contribution is 5.89. The quantitative estimate of drug-likeness (QED) is 0.174. The normalized spacial score (nSPS) is 12.6. The van der Waals surface area contributed by atoms with Crippen molar-refractivity contribution in [3.8, 4) is 44.5 Å². The van der Waals surface area contributed by atoms with E-state index < -0.39 is 0 Å². The van der Waals surface area contributed by atoms with Crippen molar-refractivity contribution in [3.05, 3.63) is 205 Å². The predicted molar refractivity (Wildman–Crippen MR) is 249 cm³/mol. The molecule has 0 atom stereocenters. The van der Waals surface area contributed by atoms with Crippen LogP contribution in [0.5, 0.6) is 0 Å². The first-order valence-electron chi connectivity index (χ1n) is 20.4. The molecule has 7 aliphatic heterocycles. The van der Waals surface area contributed by atoms with Crippen molar-refractivity contribution in [2.75, 3.05) is 9.80 Å². The summed E-state index contributed by atoms with van der Waals surface area (Å²) in [5.74, 6) is 0. The van der Waals surface area contributed by atoms with Gasteiger partial charge in [-0.25, -0.2) is 0 Å². The van der Waals surface area contributed by atoms with E-state index in [1.807, 2.05) is 0 Å². The average molecular weight is 751 g/mol. The second-order valence-electron chi connectivity index (χ2n) is 17.5. The molecule has 0 aliphatic carbocycles. The Kier molecular flexibility index (Phi) is 9.37. The lowest BCUT2D eigenvalue weighted by atomic mass is 9.87. The number of benzene rings is 8. The van der Waals surface area contributed by atoms with Crippen LogP contribution in [0.3, 0.4) is 0 Å². The van der Waals surface area contributed by atoms with Crippen molar-refractivity contribution in [3.63, 3.8) is 0 Å². The minimum atomic E-state index is 0.0739. The predicted octanol–water partition coefficient (Wildman–Crippen LogP) is 16.2. The number of rotatable bonds is 2. The minimum Gasteiger partial charge on any atom is -0.311 e. The summed E-state index contributed by atoms with van der Waals surface area (Å²) in [6, 6.07) is 71.8. The summed E-state index contributed by atoms with van der Waals surface area (Å²) in [7, 11) is 0. The molecule has 0 aromatic heterocycles. The molecule has 0 saturated heterocycles. The van der Waals surface area contributed by atoms with Gasteiger partial charge in [0.15, 0.2) is 0 Å². The van der Waals surface area contributed by atoms with Gasteiger partial charge in [0.05, 0.1) is 0 Å². The maximum atomic E-state index is 2.36. The van der Waals surface area contributed by atoms with E-state index in [0.717, 1.165) is 34.1 Å². The highest BCUT2D eigenvalue weighted by Gasteiger charge is 2.20. The zero-order valence-electron chi connectivity index (χ0n) is 34.4. The van der Waals surface area contributed by atoms with E-state index in [0.29, 0.717) is 0 Å². The molecule has 0 spiro atoms. The molecule has 0 amide bonds. The van der Waals surface area contributed by atoms with E-state index >= 15 is 0 Å². The van der Waals surface area contributed by atoms with Gasteiger partial charge in [-0.1, -0.05) is 163 Å². The molecule has 0 radical (unpaired) electrons. The Morgan fingerprint density at radius 3 is 0.621 bits per heavy atom. The van der Waals surface area contributed by atoms with Gasteiger partial charge < -0.3 is 9.80 Å². The molecule has 0 unspecified atom stereocenters. The largest absolute Gasteiger partial charge is 0.311 e. The van der Waals surface area contributed by atoms with Crippen LogP contribution in [0.4, 0.5) is 34.1 Å². The molecular formula is C56H50N2. The van der Waals surface area contributed by atoms with Crippen LogP contribution in [0.25, 0.3) is 44.5 Å². The van der Waals surface area contributed by atoms with E-state index in [2.05, 4.69) is 245 Å². The number of anilines is 6. The first-order valence-corrected chi connectivity index (χ1v) is 20.4. The monoisotopic (exact) mass is 750 g/mol. The van der Waals surface area contributed by atoms with Gasteiger partial charge in [0.1, 0.15) is 0 Å². The summed E-state index contributed by atoms with van der Waals surface area (Å²) in [5, 5.41) is 0. The Labute approximate surface area is 344 Å². The third kappa shape index (κ3) is 7.12. The molecule has 2 heteroatoms. The molecule has 0 saturated carbocycles. The number of nitrogens with zero attached hydrogens (tertiary/aromatic N) is 2. The zero-order valence-corrected chi connectivity index (χ0v) is 34.4. The third-order valence-corrected chi connectivity index (χ3v) is 11.6. The molecule has 0 fully saturated rings. The van der Waals surface area contributed by atoms with Crippen LogP contribution in [0.15, 0.2) is 194 Å². The number of hydrogen-bond acceptors (Lipinski definition) is 2. The standard InChI is InChI=1S/C56H50N2/c1-55(2,3)43-23-35-49(36-24-43)57-45-27-15-39(16-28-45)51-11-7-9-13-53(51)41-19-31-47(32-20-41)58(50-37-25-44(26-38-50)56(4,5)6)48-33-21-42(22-34-48)54-14-10-8-12-52(54)40-17-29-46(57)30-18-40/h7-38H,1-6H3. The maximum Gasteiger partial charge on any atom is 0.0462 e. The lowest BCUT2D eigenvalue weighted by molar-refractivity contribution is 0.590. The lowest BCUT2D eigenvalue weighted by Crippen LogP contribution is -2.13. The minimum absolute atomic E-state index is 0.0739. The average Bonchev–Trinajstić information content (AvgIpc) is 3.24. The molecule has 15 rings (SSSR count). The van der Waals surface area contributed by atoms with E-state index in [4.69, 9.17) is 0 Å². The molecule has 8 aromatic rings. The van der Waals surface area contributed by atoms with Crippen molar-refractivity contribution in [1.82, 2.24) is 0 Å².